The summed E-state index contributed by atoms with van der Waals surface area (Å²) >= 11 is 0. The molecule has 5 nitrogen and oxygen atoms in total. The number of hydrogen-bond donors (Lipinski definition) is 0. The number of aromatic nitrogens is 2. The van der Waals surface area contributed by atoms with Gasteiger partial charge in [0.25, 0.3) is 11.4 Å². The summed E-state index contributed by atoms with van der Waals surface area (Å²) < 4.78 is 41.8. The zero-order valence-corrected chi connectivity index (χ0v) is 36.1. The van der Waals surface area contributed by atoms with E-state index < -0.39 is 11.6 Å². The van der Waals surface area contributed by atoms with Gasteiger partial charge in [-0.2, -0.15) is 6.07 Å². The van der Waals surface area contributed by atoms with Crippen molar-refractivity contribution in [1.29, 1.82) is 0 Å². The number of nitrogens with zero attached hydrogens (tertiary/aromatic N) is 4. The molecule has 8 heteroatoms. The fraction of sp³-hybridized carbons (Fsp3) is 0.0943. The van der Waals surface area contributed by atoms with Crippen molar-refractivity contribution in [1.82, 2.24) is 18.7 Å². The molecule has 9 aromatic rings. The van der Waals surface area contributed by atoms with Gasteiger partial charge in [0.1, 0.15) is 23.1 Å². The first-order valence-corrected chi connectivity index (χ1v) is 19.8. The average Bonchev–Trinajstić information content (AvgIpc) is 3.79. The Balaban J connectivity index is 0.00000476. The molecule has 2 aromatic heterocycles. The molecule has 61 heavy (non-hydrogen) atoms. The third kappa shape index (κ3) is 7.31. The topological polar surface area (TPSA) is 33.1 Å². The number of aryl methyl sites for hydroxylation is 1. The molecule has 0 unspecified atom stereocenters. The van der Waals surface area contributed by atoms with E-state index in [2.05, 4.69) is 105 Å². The van der Waals surface area contributed by atoms with Gasteiger partial charge < -0.3 is 9.30 Å². The summed E-state index contributed by atoms with van der Waals surface area (Å²) in [4.78, 5) is 4.84. The van der Waals surface area contributed by atoms with Crippen molar-refractivity contribution in [3.63, 3.8) is 0 Å². The van der Waals surface area contributed by atoms with Crippen molar-refractivity contribution >= 4 is 50.6 Å². The van der Waals surface area contributed by atoms with E-state index in [0.29, 0.717) is 34.0 Å². The Morgan fingerprint density at radius 1 is 0.623 bits per heavy atom. The molecule has 1 aliphatic rings. The predicted molar refractivity (Wildman–Crippen MR) is 238 cm³/mol. The third-order valence-corrected chi connectivity index (χ3v) is 11.0. The molecule has 0 bridgehead atoms. The molecule has 0 saturated heterocycles. The summed E-state index contributed by atoms with van der Waals surface area (Å²) in [6, 6.07) is 58.7. The number of hydrogen-bond acceptors (Lipinski definition) is 2. The molecule has 1 aliphatic heterocycles. The van der Waals surface area contributed by atoms with Crippen LogP contribution in [0.1, 0.15) is 31.9 Å². The molecule has 0 N–H and O–H groups in total. The molecule has 0 atom stereocenters. The van der Waals surface area contributed by atoms with Gasteiger partial charge in [0.2, 0.25) is 5.69 Å². The average molecular weight is 980 g/mol. The van der Waals surface area contributed by atoms with Gasteiger partial charge in [0, 0.05) is 47.5 Å². The van der Waals surface area contributed by atoms with Gasteiger partial charge in [-0.1, -0.05) is 110 Å². The first-order chi connectivity index (χ1) is 29.1. The van der Waals surface area contributed by atoms with E-state index in [4.69, 9.17) is 9.72 Å². The first kappa shape index (κ1) is 39.7. The summed E-state index contributed by atoms with van der Waals surface area (Å²) in [7, 11) is 0. The molecule has 3 heterocycles. The van der Waals surface area contributed by atoms with E-state index in [9.17, 15) is 8.78 Å². The van der Waals surface area contributed by atoms with Crippen LogP contribution in [-0.4, -0.2) is 15.6 Å². The van der Waals surface area contributed by atoms with Gasteiger partial charge in [-0.3, -0.25) is 0 Å². The van der Waals surface area contributed by atoms with E-state index in [-0.39, 0.29) is 26.5 Å². The minimum Gasteiger partial charge on any atom is -0.509 e. The molecule has 0 radical (unpaired) electrons. The maximum Gasteiger partial charge on any atom is 2.00 e. The second-order valence-electron chi connectivity index (χ2n) is 16.1. The van der Waals surface area contributed by atoms with Crippen molar-refractivity contribution in [2.24, 2.45) is 0 Å². The van der Waals surface area contributed by atoms with E-state index in [1.807, 2.05) is 94.2 Å². The Kier molecular flexibility index (Phi) is 10.2. The van der Waals surface area contributed by atoms with Gasteiger partial charge in [-0.25, -0.2) is 13.8 Å². The van der Waals surface area contributed by atoms with Crippen LogP contribution < -0.4 is 13.9 Å². The monoisotopic (exact) mass is 979 g/mol. The normalized spacial score (nSPS) is 12.2. The molecule has 298 valence electrons. The van der Waals surface area contributed by atoms with Gasteiger partial charge in [0.05, 0.1) is 5.56 Å². The fourth-order valence-electron chi connectivity index (χ4n) is 8.09. The SMILES string of the molecule is Cc1ccccc1-c1cc(Oc2[c-]c3c(cc2)c2ccccc2n3-c2cc(C(C)(C)C)ccn2)[c-]c([N+]2=C=[N+](c3ccccc3-c3cc(F)cc(F)c3)c3ccccc32)c1.[Pt+2]. The maximum atomic E-state index is 14.5. The van der Waals surface area contributed by atoms with E-state index >= 15 is 0 Å². The van der Waals surface area contributed by atoms with Crippen LogP contribution in [0.2, 0.25) is 0 Å². The summed E-state index contributed by atoms with van der Waals surface area (Å²) in [5.41, 5.74) is 10.3. The first-order valence-electron chi connectivity index (χ1n) is 19.8. The van der Waals surface area contributed by atoms with E-state index in [1.165, 1.54) is 17.7 Å². The Morgan fingerprint density at radius 2 is 1.28 bits per heavy atom. The van der Waals surface area contributed by atoms with Crippen molar-refractivity contribution in [2.45, 2.75) is 33.1 Å². The number of rotatable bonds is 7. The summed E-state index contributed by atoms with van der Waals surface area (Å²) in [5, 5.41) is 2.14. The Bertz CT molecular complexity index is 3250. The second-order valence-corrected chi connectivity index (χ2v) is 16.1. The molecule has 10 rings (SSSR count). The van der Waals surface area contributed by atoms with Crippen LogP contribution in [0.25, 0.3) is 49.9 Å². The number of fused-ring (bicyclic) bond motifs is 4. The quantitative estimate of drug-likeness (QED) is 0.118. The predicted octanol–water partition coefficient (Wildman–Crippen LogP) is 13.6. The smallest absolute Gasteiger partial charge is 0.509 e. The van der Waals surface area contributed by atoms with Crippen LogP contribution in [0, 0.1) is 30.7 Å². The number of benzene rings is 7. The minimum atomic E-state index is -0.643. The van der Waals surface area contributed by atoms with Gasteiger partial charge in [0.15, 0.2) is 0 Å². The van der Waals surface area contributed by atoms with Crippen molar-refractivity contribution in [3.8, 4) is 39.6 Å². The van der Waals surface area contributed by atoms with Crippen molar-refractivity contribution < 1.29 is 34.6 Å². The van der Waals surface area contributed by atoms with Crippen LogP contribution in [-0.2, 0) is 26.5 Å². The van der Waals surface area contributed by atoms with Crippen LogP contribution in [0.5, 0.6) is 11.5 Å². The largest absolute Gasteiger partial charge is 2.00 e. The molecule has 0 spiro atoms. The summed E-state index contributed by atoms with van der Waals surface area (Å²) in [6.07, 6.45) is 1.87. The summed E-state index contributed by atoms with van der Waals surface area (Å²) in [5.74, 6) is 0.539. The Morgan fingerprint density at radius 3 is 2.03 bits per heavy atom. The van der Waals surface area contributed by atoms with Crippen LogP contribution in [0.4, 0.5) is 31.5 Å². The molecular weight excluding hydrogens is 942 g/mol. The third-order valence-electron chi connectivity index (χ3n) is 11.0. The molecule has 0 fully saturated rings. The van der Waals surface area contributed by atoms with Crippen molar-refractivity contribution in [2.75, 3.05) is 0 Å². The van der Waals surface area contributed by atoms with Gasteiger partial charge >= 0.3 is 27.1 Å². The Hall–Kier alpha value is -6.78. The second kappa shape index (κ2) is 15.7. The van der Waals surface area contributed by atoms with Crippen LogP contribution in [0.3, 0.4) is 0 Å². The Labute approximate surface area is 367 Å². The van der Waals surface area contributed by atoms with Crippen LogP contribution in [0.15, 0.2) is 158 Å². The van der Waals surface area contributed by atoms with Crippen molar-refractivity contribution in [3.05, 3.63) is 193 Å². The van der Waals surface area contributed by atoms with E-state index in [1.54, 1.807) is 0 Å². The van der Waals surface area contributed by atoms with Crippen LogP contribution >= 0.6 is 0 Å². The number of ether oxygens (including phenoxy) is 1. The van der Waals surface area contributed by atoms with E-state index in [0.717, 1.165) is 61.8 Å². The van der Waals surface area contributed by atoms with Gasteiger partial charge in [-0.15, -0.1) is 29.1 Å². The molecule has 0 saturated carbocycles. The number of para-hydroxylation sites is 4. The maximum absolute atomic E-state index is 14.5. The number of halogens is 2. The molecular formula is C53H38F2N4OPt+2. The molecule has 7 aromatic carbocycles. The standard InChI is InChI=1S/C53H38F2N4O.Pt/c1-34-13-5-6-14-43(34)36-27-40(57-33-58(50-20-12-11-19-49(50)57)47-17-9-7-15-44(47)35-25-38(54)30-39(55)26-35)31-42(28-36)60-41-21-22-46-45-16-8-10-18-48(45)59(51(46)32-41)52-29-37(23-24-56-52)53(2,3)4;/h5-30H,1-4H3;/q;+2. The minimum absolute atomic E-state index is 0. The zero-order chi connectivity index (χ0) is 41.1. The zero-order valence-electron chi connectivity index (χ0n) is 33.8. The summed E-state index contributed by atoms with van der Waals surface area (Å²) in [6.45, 7) is 8.70. The molecule has 0 amide bonds. The number of pyridine rings is 1. The molecule has 0 aliphatic carbocycles. The fourth-order valence-corrected chi connectivity index (χ4v) is 8.09. The van der Waals surface area contributed by atoms with Gasteiger partial charge in [-0.05, 0) is 81.0 Å².